The second kappa shape index (κ2) is 7.48. The van der Waals surface area contributed by atoms with Gasteiger partial charge in [0.2, 0.25) is 5.91 Å². The zero-order valence-corrected chi connectivity index (χ0v) is 14.1. The summed E-state index contributed by atoms with van der Waals surface area (Å²) < 4.78 is 6.65. The Balaban J connectivity index is 1.77. The smallest absolute Gasteiger partial charge is 0.220 e. The minimum Gasteiger partial charge on any atom is -0.376 e. The van der Waals surface area contributed by atoms with Crippen LogP contribution in [0.2, 0.25) is 0 Å². The van der Waals surface area contributed by atoms with Gasteiger partial charge in [-0.15, -0.1) is 0 Å². The van der Waals surface area contributed by atoms with Gasteiger partial charge in [0.05, 0.1) is 5.60 Å². The van der Waals surface area contributed by atoms with Crippen molar-refractivity contribution in [1.82, 2.24) is 5.32 Å². The summed E-state index contributed by atoms with van der Waals surface area (Å²) in [6.45, 7) is 0.616. The number of ether oxygens (including phenoxy) is 1. The minimum atomic E-state index is -0.159. The van der Waals surface area contributed by atoms with Gasteiger partial charge in [-0.25, -0.2) is 0 Å². The molecule has 0 saturated carbocycles. The molecule has 1 atom stereocenters. The summed E-state index contributed by atoms with van der Waals surface area (Å²) in [6.07, 6.45) is 2.27. The van der Waals surface area contributed by atoms with Crippen molar-refractivity contribution < 1.29 is 9.53 Å². The number of carbonyl (C=O) groups excluding carboxylic acids is 1. The molecule has 1 N–H and O–H groups in total. The molecule has 1 aromatic rings. The van der Waals surface area contributed by atoms with Crippen LogP contribution in [0, 0.1) is 0 Å². The number of methoxy groups -OCH3 is 1. The number of aryl methyl sites for hydroxylation is 1. The topological polar surface area (TPSA) is 38.3 Å². The monoisotopic (exact) mass is 357 g/mol. The molecule has 0 unspecified atom stereocenters. The van der Waals surface area contributed by atoms with Crippen LogP contribution in [-0.4, -0.2) is 36.7 Å². The lowest BCUT2D eigenvalue weighted by Crippen LogP contribution is -2.44. The van der Waals surface area contributed by atoms with E-state index in [2.05, 4.69) is 21.2 Å². The third kappa shape index (κ3) is 4.24. The molecule has 0 aromatic heterocycles. The van der Waals surface area contributed by atoms with Gasteiger partial charge in [0.15, 0.2) is 0 Å². The van der Waals surface area contributed by atoms with E-state index in [9.17, 15) is 4.79 Å². The van der Waals surface area contributed by atoms with Gasteiger partial charge in [0, 0.05) is 30.3 Å². The maximum absolute atomic E-state index is 12.0. The first-order chi connectivity index (χ1) is 9.65. The van der Waals surface area contributed by atoms with Crippen LogP contribution in [0.15, 0.2) is 28.7 Å². The van der Waals surface area contributed by atoms with Crippen LogP contribution in [-0.2, 0) is 16.0 Å². The predicted octanol–water partition coefficient (Wildman–Crippen LogP) is 3.02. The van der Waals surface area contributed by atoms with Crippen LogP contribution >= 0.6 is 27.7 Å². The third-order valence-corrected chi connectivity index (χ3v) is 5.68. The van der Waals surface area contributed by atoms with E-state index in [4.69, 9.17) is 4.74 Å². The number of halogens is 1. The zero-order valence-electron chi connectivity index (χ0n) is 11.7. The minimum absolute atomic E-state index is 0.0917. The molecule has 20 heavy (non-hydrogen) atoms. The van der Waals surface area contributed by atoms with E-state index in [1.165, 1.54) is 5.56 Å². The van der Waals surface area contributed by atoms with E-state index in [0.29, 0.717) is 13.0 Å². The van der Waals surface area contributed by atoms with Crippen molar-refractivity contribution in [1.29, 1.82) is 0 Å². The molecule has 0 spiro atoms. The van der Waals surface area contributed by atoms with Crippen molar-refractivity contribution in [3.05, 3.63) is 34.3 Å². The standard InChI is InChI=1S/C15H20BrNO2S/c1-19-15(8-9-20-11-15)10-17-14(18)7-6-12-4-2-3-5-13(12)16/h2-5H,6-11H2,1H3,(H,17,18)/t15-/m0/s1. The molecule has 0 radical (unpaired) electrons. The van der Waals surface area contributed by atoms with Gasteiger partial charge in [-0.3, -0.25) is 4.79 Å². The van der Waals surface area contributed by atoms with Gasteiger partial charge in [0.25, 0.3) is 0 Å². The number of benzene rings is 1. The Kier molecular flexibility index (Phi) is 5.93. The Morgan fingerprint density at radius 2 is 2.30 bits per heavy atom. The van der Waals surface area contributed by atoms with Crippen molar-refractivity contribution in [2.45, 2.75) is 24.9 Å². The molecule has 0 bridgehead atoms. The number of thioether (sulfide) groups is 1. The Bertz CT molecular complexity index is 461. The first-order valence-electron chi connectivity index (χ1n) is 6.78. The Labute approximate surface area is 133 Å². The molecule has 1 aromatic carbocycles. The van der Waals surface area contributed by atoms with Gasteiger partial charge >= 0.3 is 0 Å². The zero-order chi connectivity index (χ0) is 14.4. The first kappa shape index (κ1) is 15.9. The van der Waals surface area contributed by atoms with Gasteiger partial charge < -0.3 is 10.1 Å². The van der Waals surface area contributed by atoms with Gasteiger partial charge in [-0.05, 0) is 30.2 Å². The van der Waals surface area contributed by atoms with Crippen molar-refractivity contribution in [3.63, 3.8) is 0 Å². The highest BCUT2D eigenvalue weighted by atomic mass is 79.9. The van der Waals surface area contributed by atoms with Crippen LogP contribution < -0.4 is 5.32 Å². The third-order valence-electron chi connectivity index (χ3n) is 3.69. The number of carbonyl (C=O) groups is 1. The highest BCUT2D eigenvalue weighted by Gasteiger charge is 2.34. The van der Waals surface area contributed by atoms with Gasteiger partial charge in [-0.1, -0.05) is 34.1 Å². The van der Waals surface area contributed by atoms with Crippen LogP contribution in [0.5, 0.6) is 0 Å². The molecule has 1 amide bonds. The van der Waals surface area contributed by atoms with E-state index in [1.807, 2.05) is 36.0 Å². The molecule has 1 aliphatic heterocycles. The number of rotatable bonds is 6. The molecule has 0 aliphatic carbocycles. The Morgan fingerprint density at radius 3 is 2.95 bits per heavy atom. The van der Waals surface area contributed by atoms with Crippen LogP contribution in [0.3, 0.4) is 0 Å². The number of hydrogen-bond acceptors (Lipinski definition) is 3. The summed E-state index contributed by atoms with van der Waals surface area (Å²) in [6, 6.07) is 8.02. The fourth-order valence-electron chi connectivity index (χ4n) is 2.26. The van der Waals surface area contributed by atoms with Gasteiger partial charge in [0.1, 0.15) is 0 Å². The molecular formula is C15H20BrNO2S. The number of hydrogen-bond donors (Lipinski definition) is 1. The average Bonchev–Trinajstić information content (AvgIpc) is 2.94. The molecule has 1 aliphatic rings. The molecule has 110 valence electrons. The lowest BCUT2D eigenvalue weighted by molar-refractivity contribution is -0.122. The van der Waals surface area contributed by atoms with Crippen molar-refractivity contribution >= 4 is 33.6 Å². The fourth-order valence-corrected chi connectivity index (χ4v) is 4.14. The van der Waals surface area contributed by atoms with Crippen molar-refractivity contribution in [2.24, 2.45) is 0 Å². The maximum atomic E-state index is 12.0. The largest absolute Gasteiger partial charge is 0.376 e. The lowest BCUT2D eigenvalue weighted by atomic mass is 10.0. The second-order valence-corrected chi connectivity index (χ2v) is 7.02. The summed E-state index contributed by atoms with van der Waals surface area (Å²) in [5.41, 5.74) is 1.01. The lowest BCUT2D eigenvalue weighted by Gasteiger charge is -2.26. The van der Waals surface area contributed by atoms with E-state index in [1.54, 1.807) is 7.11 Å². The van der Waals surface area contributed by atoms with Crippen molar-refractivity contribution in [2.75, 3.05) is 25.2 Å². The highest BCUT2D eigenvalue weighted by molar-refractivity contribution is 9.10. The molecule has 1 saturated heterocycles. The fraction of sp³-hybridized carbons (Fsp3) is 0.533. The molecule has 1 fully saturated rings. The normalized spacial score (nSPS) is 21.9. The first-order valence-corrected chi connectivity index (χ1v) is 8.73. The summed E-state index contributed by atoms with van der Waals surface area (Å²) in [4.78, 5) is 12.0. The molecule has 3 nitrogen and oxygen atoms in total. The summed E-state index contributed by atoms with van der Waals surface area (Å²) >= 11 is 5.39. The second-order valence-electron chi connectivity index (χ2n) is 5.06. The maximum Gasteiger partial charge on any atom is 0.220 e. The SMILES string of the molecule is CO[C@]1(CNC(=O)CCc2ccccc2Br)CCSC1. The van der Waals surface area contributed by atoms with E-state index in [0.717, 1.165) is 28.8 Å². The van der Waals surface area contributed by atoms with E-state index < -0.39 is 0 Å². The van der Waals surface area contributed by atoms with E-state index >= 15 is 0 Å². The molecule has 5 heteroatoms. The summed E-state index contributed by atoms with van der Waals surface area (Å²) in [5.74, 6) is 2.17. The average molecular weight is 358 g/mol. The summed E-state index contributed by atoms with van der Waals surface area (Å²) in [7, 11) is 1.74. The van der Waals surface area contributed by atoms with Gasteiger partial charge in [-0.2, -0.15) is 11.8 Å². The summed E-state index contributed by atoms with van der Waals surface area (Å²) in [5, 5.41) is 3.01. The Hall–Kier alpha value is -0.520. The predicted molar refractivity (Wildman–Crippen MR) is 87.2 cm³/mol. The Morgan fingerprint density at radius 1 is 1.50 bits per heavy atom. The van der Waals surface area contributed by atoms with E-state index in [-0.39, 0.29) is 11.5 Å². The molecule has 1 heterocycles. The van der Waals surface area contributed by atoms with Crippen LogP contribution in [0.1, 0.15) is 18.4 Å². The van der Waals surface area contributed by atoms with Crippen LogP contribution in [0.4, 0.5) is 0 Å². The number of amides is 1. The molecular weight excluding hydrogens is 338 g/mol. The van der Waals surface area contributed by atoms with Crippen LogP contribution in [0.25, 0.3) is 0 Å². The number of nitrogens with one attached hydrogen (secondary N) is 1. The molecule has 2 rings (SSSR count). The highest BCUT2D eigenvalue weighted by Crippen LogP contribution is 2.30. The van der Waals surface area contributed by atoms with Crippen molar-refractivity contribution in [3.8, 4) is 0 Å². The quantitative estimate of drug-likeness (QED) is 0.850.